The first-order valence-electron chi connectivity index (χ1n) is 5.08. The summed E-state index contributed by atoms with van der Waals surface area (Å²) in [6.45, 7) is 0.598. The SMILES string of the molecule is Fc1cccc(CNc2cc(Br)cc(Br)c2)c1. The summed E-state index contributed by atoms with van der Waals surface area (Å²) in [5.41, 5.74) is 1.90. The van der Waals surface area contributed by atoms with Gasteiger partial charge in [0.15, 0.2) is 0 Å². The van der Waals surface area contributed by atoms with Gasteiger partial charge in [-0.1, -0.05) is 44.0 Å². The van der Waals surface area contributed by atoms with Crippen molar-refractivity contribution in [3.8, 4) is 0 Å². The van der Waals surface area contributed by atoms with E-state index >= 15 is 0 Å². The molecule has 88 valence electrons. The molecule has 0 aliphatic carbocycles. The molecule has 17 heavy (non-hydrogen) atoms. The van der Waals surface area contributed by atoms with Gasteiger partial charge < -0.3 is 5.32 Å². The number of nitrogens with one attached hydrogen (secondary N) is 1. The lowest BCUT2D eigenvalue weighted by molar-refractivity contribution is 0.626. The second-order valence-electron chi connectivity index (χ2n) is 3.64. The Morgan fingerprint density at radius 3 is 2.35 bits per heavy atom. The second kappa shape index (κ2) is 5.65. The fourth-order valence-corrected chi connectivity index (χ4v) is 2.80. The van der Waals surface area contributed by atoms with E-state index in [0.717, 1.165) is 20.2 Å². The van der Waals surface area contributed by atoms with Crippen molar-refractivity contribution >= 4 is 37.5 Å². The molecule has 0 unspecified atom stereocenters. The molecule has 0 aromatic heterocycles. The van der Waals surface area contributed by atoms with Crippen molar-refractivity contribution in [2.75, 3.05) is 5.32 Å². The molecule has 0 bridgehead atoms. The number of rotatable bonds is 3. The van der Waals surface area contributed by atoms with Gasteiger partial charge in [0.05, 0.1) is 0 Å². The van der Waals surface area contributed by atoms with Gasteiger partial charge in [-0.15, -0.1) is 0 Å². The molecule has 0 spiro atoms. The minimum atomic E-state index is -0.209. The second-order valence-corrected chi connectivity index (χ2v) is 5.47. The van der Waals surface area contributed by atoms with Gasteiger partial charge in [0.25, 0.3) is 0 Å². The van der Waals surface area contributed by atoms with E-state index in [1.165, 1.54) is 12.1 Å². The van der Waals surface area contributed by atoms with Crippen molar-refractivity contribution < 1.29 is 4.39 Å². The molecule has 0 amide bonds. The van der Waals surface area contributed by atoms with Crippen LogP contribution < -0.4 is 5.32 Å². The first-order valence-corrected chi connectivity index (χ1v) is 6.66. The third kappa shape index (κ3) is 3.82. The van der Waals surface area contributed by atoms with E-state index in [1.54, 1.807) is 6.07 Å². The Hall–Kier alpha value is -0.870. The maximum atomic E-state index is 13.0. The van der Waals surface area contributed by atoms with Gasteiger partial charge in [0, 0.05) is 21.2 Å². The molecular formula is C13H10Br2FN. The highest BCUT2D eigenvalue weighted by Crippen LogP contribution is 2.23. The van der Waals surface area contributed by atoms with Crippen molar-refractivity contribution in [1.29, 1.82) is 0 Å². The number of halogens is 3. The molecule has 0 saturated heterocycles. The van der Waals surface area contributed by atoms with Gasteiger partial charge in [0.1, 0.15) is 5.82 Å². The smallest absolute Gasteiger partial charge is 0.123 e. The Morgan fingerprint density at radius 1 is 1.00 bits per heavy atom. The molecule has 2 aromatic rings. The zero-order valence-electron chi connectivity index (χ0n) is 8.88. The van der Waals surface area contributed by atoms with Gasteiger partial charge in [-0.2, -0.15) is 0 Å². The molecule has 0 aliphatic rings. The Balaban J connectivity index is 2.07. The van der Waals surface area contributed by atoms with Crippen LogP contribution in [0.25, 0.3) is 0 Å². The van der Waals surface area contributed by atoms with Gasteiger partial charge >= 0.3 is 0 Å². The van der Waals surface area contributed by atoms with Gasteiger partial charge in [0.2, 0.25) is 0 Å². The fourth-order valence-electron chi connectivity index (χ4n) is 1.51. The van der Waals surface area contributed by atoms with E-state index in [1.807, 2.05) is 24.3 Å². The molecule has 4 heteroatoms. The van der Waals surface area contributed by atoms with Crippen LogP contribution in [0.4, 0.5) is 10.1 Å². The number of anilines is 1. The van der Waals surface area contributed by atoms with Crippen molar-refractivity contribution in [3.05, 3.63) is 62.8 Å². The van der Waals surface area contributed by atoms with E-state index in [4.69, 9.17) is 0 Å². The average molecular weight is 359 g/mol. The summed E-state index contributed by atoms with van der Waals surface area (Å²) in [5.74, 6) is -0.209. The predicted molar refractivity (Wildman–Crippen MR) is 75.6 cm³/mol. The van der Waals surface area contributed by atoms with Crippen molar-refractivity contribution in [3.63, 3.8) is 0 Å². The van der Waals surface area contributed by atoms with Crippen molar-refractivity contribution in [2.45, 2.75) is 6.54 Å². The summed E-state index contributed by atoms with van der Waals surface area (Å²) in [6.07, 6.45) is 0. The van der Waals surface area contributed by atoms with E-state index < -0.39 is 0 Å². The van der Waals surface area contributed by atoms with Gasteiger partial charge in [-0.25, -0.2) is 4.39 Å². The number of hydrogen-bond donors (Lipinski definition) is 1. The minimum absolute atomic E-state index is 0.209. The Labute approximate surface area is 116 Å². The summed E-state index contributed by atoms with van der Waals surface area (Å²) in [4.78, 5) is 0. The summed E-state index contributed by atoms with van der Waals surface area (Å²) >= 11 is 6.84. The molecule has 0 fully saturated rings. The van der Waals surface area contributed by atoms with Crippen LogP contribution in [0.2, 0.25) is 0 Å². The van der Waals surface area contributed by atoms with E-state index in [-0.39, 0.29) is 5.82 Å². The number of benzene rings is 2. The molecule has 2 aromatic carbocycles. The first kappa shape index (κ1) is 12.6. The van der Waals surface area contributed by atoms with Crippen LogP contribution in [0, 0.1) is 5.82 Å². The van der Waals surface area contributed by atoms with Crippen LogP contribution in [0.1, 0.15) is 5.56 Å². The van der Waals surface area contributed by atoms with Gasteiger partial charge in [-0.05, 0) is 35.9 Å². The van der Waals surface area contributed by atoms with Crippen molar-refractivity contribution in [1.82, 2.24) is 0 Å². The quantitative estimate of drug-likeness (QED) is 0.817. The first-order chi connectivity index (χ1) is 8.13. The minimum Gasteiger partial charge on any atom is -0.381 e. The van der Waals surface area contributed by atoms with Crippen LogP contribution >= 0.6 is 31.9 Å². The van der Waals surface area contributed by atoms with E-state index in [2.05, 4.69) is 37.2 Å². The van der Waals surface area contributed by atoms with Crippen LogP contribution in [-0.4, -0.2) is 0 Å². The average Bonchev–Trinajstić information content (AvgIpc) is 2.25. The third-order valence-electron chi connectivity index (χ3n) is 2.25. The van der Waals surface area contributed by atoms with E-state index in [0.29, 0.717) is 6.54 Å². The fraction of sp³-hybridized carbons (Fsp3) is 0.0769. The van der Waals surface area contributed by atoms with Crippen molar-refractivity contribution in [2.24, 2.45) is 0 Å². The molecule has 0 saturated carbocycles. The molecule has 0 radical (unpaired) electrons. The summed E-state index contributed by atoms with van der Waals surface area (Å²) in [5, 5.41) is 3.24. The van der Waals surface area contributed by atoms with E-state index in [9.17, 15) is 4.39 Å². The maximum absolute atomic E-state index is 13.0. The van der Waals surface area contributed by atoms with Gasteiger partial charge in [-0.3, -0.25) is 0 Å². The molecular weight excluding hydrogens is 349 g/mol. The zero-order chi connectivity index (χ0) is 12.3. The molecule has 1 N–H and O–H groups in total. The third-order valence-corrected chi connectivity index (χ3v) is 3.16. The molecule has 0 aliphatic heterocycles. The highest BCUT2D eigenvalue weighted by Gasteiger charge is 1.99. The Kier molecular flexibility index (Phi) is 4.18. The van der Waals surface area contributed by atoms with Crippen LogP contribution in [0.5, 0.6) is 0 Å². The van der Waals surface area contributed by atoms with Crippen LogP contribution in [0.3, 0.4) is 0 Å². The number of hydrogen-bond acceptors (Lipinski definition) is 1. The predicted octanol–water partition coefficient (Wildman–Crippen LogP) is 4.96. The molecule has 0 heterocycles. The lowest BCUT2D eigenvalue weighted by Gasteiger charge is -2.07. The molecule has 2 rings (SSSR count). The standard InChI is InChI=1S/C13H10Br2FN/c14-10-5-11(15)7-13(6-10)17-8-9-2-1-3-12(16)4-9/h1-7,17H,8H2. The lowest BCUT2D eigenvalue weighted by Crippen LogP contribution is -1.99. The molecule has 1 nitrogen and oxygen atoms in total. The van der Waals surface area contributed by atoms with Crippen LogP contribution in [-0.2, 0) is 6.54 Å². The highest BCUT2D eigenvalue weighted by atomic mass is 79.9. The Morgan fingerprint density at radius 2 is 1.71 bits per heavy atom. The summed E-state index contributed by atoms with van der Waals surface area (Å²) < 4.78 is 15.0. The maximum Gasteiger partial charge on any atom is 0.123 e. The largest absolute Gasteiger partial charge is 0.381 e. The zero-order valence-corrected chi connectivity index (χ0v) is 12.1. The normalized spacial score (nSPS) is 10.3. The molecule has 0 atom stereocenters. The summed E-state index contributed by atoms with van der Waals surface area (Å²) in [7, 11) is 0. The summed E-state index contributed by atoms with van der Waals surface area (Å²) in [6, 6.07) is 12.5. The lowest BCUT2D eigenvalue weighted by atomic mass is 10.2. The Bertz CT molecular complexity index is 508. The topological polar surface area (TPSA) is 12.0 Å². The highest BCUT2D eigenvalue weighted by molar-refractivity contribution is 9.11. The monoisotopic (exact) mass is 357 g/mol. The van der Waals surface area contributed by atoms with Crippen LogP contribution in [0.15, 0.2) is 51.4 Å².